The number of hydrogen-bond donors (Lipinski definition) is 4. The van der Waals surface area contributed by atoms with Gasteiger partial charge < -0.3 is 25.2 Å². The summed E-state index contributed by atoms with van der Waals surface area (Å²) in [5.74, 6) is 0.307. The summed E-state index contributed by atoms with van der Waals surface area (Å²) in [6.45, 7) is 10.6. The summed E-state index contributed by atoms with van der Waals surface area (Å²) >= 11 is 0. The van der Waals surface area contributed by atoms with E-state index in [4.69, 9.17) is 4.74 Å². The molecule has 6 rings (SSSR count). The molecule has 1 heterocycles. The molecule has 1 saturated heterocycles. The van der Waals surface area contributed by atoms with Gasteiger partial charge in [-0.1, -0.05) is 34.1 Å². The maximum absolute atomic E-state index is 13.7. The molecule has 13 unspecified atom stereocenters. The molecule has 6 aliphatic rings. The van der Waals surface area contributed by atoms with Gasteiger partial charge in [-0.25, -0.2) is 0 Å². The zero-order valence-corrected chi connectivity index (χ0v) is 22.6. The molecule has 13 atom stereocenters. The highest BCUT2D eigenvalue weighted by Crippen LogP contribution is 2.71. The normalized spacial score (nSPS) is 54.2. The number of rotatable bonds is 4. The zero-order valence-electron chi connectivity index (χ0n) is 22.6. The summed E-state index contributed by atoms with van der Waals surface area (Å²) in [5.41, 5.74) is -2.29. The Kier molecular flexibility index (Phi) is 5.58. The van der Waals surface area contributed by atoms with E-state index in [1.165, 1.54) is 0 Å². The highest BCUT2D eigenvalue weighted by Gasteiger charge is 2.72. The largest absolute Gasteiger partial charge is 0.390 e. The van der Waals surface area contributed by atoms with E-state index in [9.17, 15) is 25.2 Å². The molecule has 4 saturated carbocycles. The van der Waals surface area contributed by atoms with Gasteiger partial charge in [0.1, 0.15) is 6.10 Å². The van der Waals surface area contributed by atoms with Gasteiger partial charge in [0, 0.05) is 11.3 Å². The second kappa shape index (κ2) is 7.88. The van der Waals surface area contributed by atoms with Crippen molar-refractivity contribution >= 4 is 5.78 Å². The molecule has 5 aliphatic carbocycles. The van der Waals surface area contributed by atoms with Crippen molar-refractivity contribution in [2.24, 2.45) is 46.3 Å². The molecule has 0 aromatic rings. The van der Waals surface area contributed by atoms with Gasteiger partial charge in [0.25, 0.3) is 0 Å². The fourth-order valence-corrected chi connectivity index (χ4v) is 10.4. The SMILES string of the molecule is CC(C)C(C)C1OC1C(C)(O)C1CCC2(O)C3=CC(=O)C4C5CCCC4(CC(O)C5O)C3CCC12C. The van der Waals surface area contributed by atoms with Crippen LogP contribution in [0.5, 0.6) is 0 Å². The predicted octanol–water partition coefficient (Wildman–Crippen LogP) is 3.39. The Morgan fingerprint density at radius 3 is 2.53 bits per heavy atom. The van der Waals surface area contributed by atoms with Crippen molar-refractivity contribution in [1.82, 2.24) is 0 Å². The number of ether oxygens (including phenoxy) is 1. The van der Waals surface area contributed by atoms with Crippen molar-refractivity contribution in [2.75, 3.05) is 0 Å². The van der Waals surface area contributed by atoms with Gasteiger partial charge in [0.05, 0.1) is 29.5 Å². The Labute approximate surface area is 215 Å². The Hall–Kier alpha value is -0.790. The Balaban J connectivity index is 1.35. The standard InChI is InChI=1S/C30H46O6/c1-15(2)16(3)25-26(36-25)28(5,34)22-9-12-30(35)19-13-20(31)23-17-7-6-10-29(23,14-21(32)24(17)33)18(19)8-11-27(22,30)4/h13,15-18,21-26,32-35H,6-12,14H2,1-5H3. The lowest BCUT2D eigenvalue weighted by molar-refractivity contribution is -0.191. The van der Waals surface area contributed by atoms with Crippen LogP contribution in [0.25, 0.3) is 0 Å². The summed E-state index contributed by atoms with van der Waals surface area (Å²) < 4.78 is 6.09. The molecule has 5 fully saturated rings. The fraction of sp³-hybridized carbons (Fsp3) is 0.900. The van der Waals surface area contributed by atoms with E-state index in [0.29, 0.717) is 31.1 Å². The van der Waals surface area contributed by atoms with E-state index < -0.39 is 28.8 Å². The number of aliphatic hydroxyl groups excluding tert-OH is 2. The van der Waals surface area contributed by atoms with Crippen molar-refractivity contribution < 1.29 is 30.0 Å². The van der Waals surface area contributed by atoms with Gasteiger partial charge in [-0.15, -0.1) is 0 Å². The van der Waals surface area contributed by atoms with Crippen molar-refractivity contribution in [1.29, 1.82) is 0 Å². The third-order valence-corrected chi connectivity index (χ3v) is 12.6. The van der Waals surface area contributed by atoms with Crippen LogP contribution in [0, 0.1) is 46.3 Å². The average Bonchev–Trinajstić information content (AvgIpc) is 3.56. The van der Waals surface area contributed by atoms with E-state index >= 15 is 0 Å². The highest BCUT2D eigenvalue weighted by molar-refractivity contribution is 5.95. The minimum Gasteiger partial charge on any atom is -0.390 e. The third kappa shape index (κ3) is 3.05. The number of hydrogen-bond acceptors (Lipinski definition) is 6. The van der Waals surface area contributed by atoms with Crippen LogP contribution in [0.1, 0.15) is 86.0 Å². The quantitative estimate of drug-likeness (QED) is 0.439. The minimum absolute atomic E-state index is 0.0288. The molecular formula is C30H46O6. The molecule has 0 spiro atoms. The van der Waals surface area contributed by atoms with Crippen LogP contribution in [-0.2, 0) is 9.53 Å². The van der Waals surface area contributed by atoms with Gasteiger partial charge in [0.2, 0.25) is 0 Å². The first-order chi connectivity index (χ1) is 16.8. The molecule has 0 amide bonds. The molecule has 0 aromatic heterocycles. The van der Waals surface area contributed by atoms with Gasteiger partial charge in [-0.05, 0) is 98.5 Å². The van der Waals surface area contributed by atoms with Crippen LogP contribution >= 0.6 is 0 Å². The van der Waals surface area contributed by atoms with E-state index in [1.807, 2.05) is 6.92 Å². The van der Waals surface area contributed by atoms with Crippen LogP contribution in [0.3, 0.4) is 0 Å². The zero-order chi connectivity index (χ0) is 26.0. The van der Waals surface area contributed by atoms with Gasteiger partial charge >= 0.3 is 0 Å². The first-order valence-electron chi connectivity index (χ1n) is 14.5. The fourth-order valence-electron chi connectivity index (χ4n) is 10.4. The molecule has 1 aliphatic heterocycles. The number of epoxide rings is 1. The minimum atomic E-state index is -1.15. The molecule has 2 bridgehead atoms. The number of carbonyl (C=O) groups is 1. The molecule has 4 N–H and O–H groups in total. The highest BCUT2D eigenvalue weighted by atomic mass is 16.6. The number of fused-ring (bicyclic) bond motifs is 3. The van der Waals surface area contributed by atoms with Crippen molar-refractivity contribution in [3.63, 3.8) is 0 Å². The first-order valence-corrected chi connectivity index (χ1v) is 14.5. The molecular weight excluding hydrogens is 456 g/mol. The maximum atomic E-state index is 13.7. The number of ketones is 1. The van der Waals surface area contributed by atoms with Crippen LogP contribution < -0.4 is 0 Å². The van der Waals surface area contributed by atoms with Gasteiger partial charge in [0.15, 0.2) is 5.78 Å². The lowest BCUT2D eigenvalue weighted by Crippen LogP contribution is -2.66. The number of aliphatic hydroxyl groups is 4. The van der Waals surface area contributed by atoms with Crippen LogP contribution in [0.4, 0.5) is 0 Å². The lowest BCUT2D eigenvalue weighted by Gasteiger charge is -2.64. The third-order valence-electron chi connectivity index (χ3n) is 12.6. The molecule has 0 aromatic carbocycles. The van der Waals surface area contributed by atoms with Crippen LogP contribution in [-0.4, -0.2) is 61.8 Å². The molecule has 36 heavy (non-hydrogen) atoms. The predicted molar refractivity (Wildman–Crippen MR) is 135 cm³/mol. The van der Waals surface area contributed by atoms with E-state index in [2.05, 4.69) is 27.7 Å². The number of allylic oxidation sites excluding steroid dienone is 1. The topological polar surface area (TPSA) is 111 Å². The average molecular weight is 503 g/mol. The summed E-state index contributed by atoms with van der Waals surface area (Å²) in [6.07, 6.45) is 5.76. The lowest BCUT2D eigenvalue weighted by atomic mass is 9.41. The van der Waals surface area contributed by atoms with Gasteiger partial charge in [-0.2, -0.15) is 0 Å². The molecule has 202 valence electrons. The van der Waals surface area contributed by atoms with E-state index in [1.54, 1.807) is 6.08 Å². The van der Waals surface area contributed by atoms with Crippen LogP contribution in [0.2, 0.25) is 0 Å². The molecule has 6 heteroatoms. The van der Waals surface area contributed by atoms with E-state index in [-0.39, 0.29) is 47.1 Å². The summed E-state index contributed by atoms with van der Waals surface area (Å²) in [4.78, 5) is 13.7. The van der Waals surface area contributed by atoms with Crippen molar-refractivity contribution in [3.05, 3.63) is 11.6 Å². The smallest absolute Gasteiger partial charge is 0.159 e. The van der Waals surface area contributed by atoms with E-state index in [0.717, 1.165) is 37.7 Å². The first kappa shape index (κ1) is 25.5. The second-order valence-corrected chi connectivity index (χ2v) is 14.3. The number of carbonyl (C=O) groups excluding carboxylic acids is 1. The van der Waals surface area contributed by atoms with Crippen molar-refractivity contribution in [3.8, 4) is 0 Å². The summed E-state index contributed by atoms with van der Waals surface area (Å²) in [6, 6.07) is 0. The molecule has 6 nitrogen and oxygen atoms in total. The molecule has 0 radical (unpaired) electrons. The van der Waals surface area contributed by atoms with Crippen LogP contribution in [0.15, 0.2) is 11.6 Å². The summed E-state index contributed by atoms with van der Waals surface area (Å²) in [7, 11) is 0. The maximum Gasteiger partial charge on any atom is 0.159 e. The van der Waals surface area contributed by atoms with Crippen molar-refractivity contribution in [2.45, 2.75) is 122 Å². The summed E-state index contributed by atoms with van der Waals surface area (Å²) in [5, 5.41) is 46.0. The Morgan fingerprint density at radius 1 is 1.11 bits per heavy atom. The Morgan fingerprint density at radius 2 is 1.83 bits per heavy atom. The Bertz CT molecular complexity index is 972. The van der Waals surface area contributed by atoms with Gasteiger partial charge in [-0.3, -0.25) is 4.79 Å². The second-order valence-electron chi connectivity index (χ2n) is 14.3. The monoisotopic (exact) mass is 502 g/mol.